The van der Waals surface area contributed by atoms with Crippen molar-refractivity contribution in [3.05, 3.63) is 108 Å². The van der Waals surface area contributed by atoms with E-state index in [1.54, 1.807) is 60.7 Å². The zero-order valence-corrected chi connectivity index (χ0v) is 30.0. The number of nitrogen functional groups attached to an aromatic ring is 2. The van der Waals surface area contributed by atoms with Crippen LogP contribution in [0.2, 0.25) is 0 Å². The monoisotopic (exact) mass is 736 g/mol. The Morgan fingerprint density at radius 1 is 0.538 bits per heavy atom. The van der Waals surface area contributed by atoms with Gasteiger partial charge in [0.2, 0.25) is 0 Å². The fraction of sp³-hybridized carbons (Fsp3) is 0.158. The fourth-order valence-electron chi connectivity index (χ4n) is 6.15. The maximum Gasteiger partial charge on any atom is 0.296 e. The number of rotatable bonds is 11. The summed E-state index contributed by atoms with van der Waals surface area (Å²) >= 11 is 0. The number of anilines is 2. The van der Waals surface area contributed by atoms with E-state index in [0.717, 1.165) is 35.1 Å². The van der Waals surface area contributed by atoms with E-state index in [4.69, 9.17) is 11.5 Å². The van der Waals surface area contributed by atoms with Gasteiger partial charge in [0.15, 0.2) is 0 Å². The van der Waals surface area contributed by atoms with Crippen molar-refractivity contribution in [3.63, 3.8) is 0 Å². The molecule has 266 valence electrons. The average Bonchev–Trinajstić information content (AvgIpc) is 3.11. The zero-order valence-electron chi connectivity index (χ0n) is 28.4. The molecular weight excluding hydrogens is 701 g/mol. The van der Waals surface area contributed by atoms with E-state index in [2.05, 4.69) is 20.5 Å². The lowest BCUT2D eigenvalue weighted by atomic mass is 9.96. The second kappa shape index (κ2) is 14.6. The highest BCUT2D eigenvalue weighted by Gasteiger charge is 2.22. The summed E-state index contributed by atoms with van der Waals surface area (Å²) < 4.78 is 69.2. The minimum absolute atomic E-state index is 0.0846. The van der Waals surface area contributed by atoms with Gasteiger partial charge in [-0.25, -0.2) is 0 Å². The van der Waals surface area contributed by atoms with Crippen molar-refractivity contribution >= 4 is 75.9 Å². The molecule has 6 aromatic rings. The molecule has 0 radical (unpaired) electrons. The van der Waals surface area contributed by atoms with E-state index in [1.807, 2.05) is 38.1 Å². The molecule has 6 N–H and O–H groups in total. The number of benzene rings is 6. The van der Waals surface area contributed by atoms with Gasteiger partial charge < -0.3 is 11.5 Å². The smallest absolute Gasteiger partial charge is 0.296 e. The van der Waals surface area contributed by atoms with Crippen LogP contribution in [0.3, 0.4) is 0 Å². The van der Waals surface area contributed by atoms with Crippen molar-refractivity contribution in [2.24, 2.45) is 20.5 Å². The van der Waals surface area contributed by atoms with E-state index >= 15 is 0 Å². The van der Waals surface area contributed by atoms with Crippen molar-refractivity contribution in [2.75, 3.05) is 11.5 Å². The van der Waals surface area contributed by atoms with Crippen molar-refractivity contribution in [1.29, 1.82) is 0 Å². The van der Waals surface area contributed by atoms with Crippen LogP contribution in [-0.4, -0.2) is 25.9 Å². The van der Waals surface area contributed by atoms with Crippen LogP contribution in [0.4, 0.5) is 34.1 Å². The molecule has 0 unspecified atom stereocenters. The molecule has 0 fully saturated rings. The van der Waals surface area contributed by atoms with Gasteiger partial charge in [-0.3, -0.25) is 9.11 Å². The van der Waals surface area contributed by atoms with Crippen LogP contribution in [0, 0.1) is 0 Å². The molecule has 0 aliphatic carbocycles. The van der Waals surface area contributed by atoms with E-state index in [-0.39, 0.29) is 22.7 Å². The molecule has 0 bridgehead atoms. The Morgan fingerprint density at radius 2 is 0.923 bits per heavy atom. The van der Waals surface area contributed by atoms with Crippen LogP contribution in [-0.2, 0) is 33.1 Å². The molecule has 0 aliphatic heterocycles. The van der Waals surface area contributed by atoms with Crippen molar-refractivity contribution < 1.29 is 25.9 Å². The number of azo groups is 2. The highest BCUT2D eigenvalue weighted by Crippen LogP contribution is 2.41. The van der Waals surface area contributed by atoms with Crippen LogP contribution < -0.4 is 11.5 Å². The molecule has 0 atom stereocenters. The molecule has 0 aliphatic rings. The lowest BCUT2D eigenvalue weighted by molar-refractivity contribution is 0.481. The Morgan fingerprint density at radius 3 is 1.29 bits per heavy atom. The van der Waals surface area contributed by atoms with Gasteiger partial charge in [-0.1, -0.05) is 87.4 Å². The number of nitrogens with zero attached hydrogens (tertiary/aromatic N) is 4. The third-order valence-corrected chi connectivity index (χ3v) is 10.4. The SMILES string of the molecule is CCCc1cc(-c2ccc(N=Nc3c(S(=O)(=O)O)cc4ccccc4c3N)c(CCC)c2)ccc1N=Nc1c(S(=O)(=O)O)cc2ccccc2c1N. The summed E-state index contributed by atoms with van der Waals surface area (Å²) in [5.74, 6) is 0. The molecular formula is C38H36N6O6S2. The molecule has 12 nitrogen and oxygen atoms in total. The van der Waals surface area contributed by atoms with Gasteiger partial charge in [0, 0.05) is 10.8 Å². The third-order valence-electron chi connectivity index (χ3n) is 8.65. The van der Waals surface area contributed by atoms with Crippen LogP contribution in [0.25, 0.3) is 32.7 Å². The number of hydrogen-bond donors (Lipinski definition) is 4. The Labute approximate surface area is 301 Å². The second-order valence-electron chi connectivity index (χ2n) is 12.3. The molecule has 52 heavy (non-hydrogen) atoms. The lowest BCUT2D eigenvalue weighted by Crippen LogP contribution is -2.01. The van der Waals surface area contributed by atoms with Crippen molar-refractivity contribution in [2.45, 2.75) is 49.3 Å². The highest BCUT2D eigenvalue weighted by molar-refractivity contribution is 7.86. The Bertz CT molecular complexity index is 2460. The van der Waals surface area contributed by atoms with Crippen LogP contribution in [0.1, 0.15) is 37.8 Å². The molecule has 6 aromatic carbocycles. The normalized spacial score (nSPS) is 12.5. The van der Waals surface area contributed by atoms with Crippen LogP contribution >= 0.6 is 0 Å². The molecule has 0 saturated heterocycles. The highest BCUT2D eigenvalue weighted by atomic mass is 32.2. The predicted octanol–water partition coefficient (Wildman–Crippen LogP) is 10.1. The maximum atomic E-state index is 12.3. The molecule has 0 aromatic heterocycles. The van der Waals surface area contributed by atoms with E-state index < -0.39 is 30.0 Å². The van der Waals surface area contributed by atoms with E-state index in [9.17, 15) is 25.9 Å². The molecule has 6 rings (SSSR count). The number of hydrogen-bond acceptors (Lipinski definition) is 10. The summed E-state index contributed by atoms with van der Waals surface area (Å²) in [6.07, 6.45) is 2.89. The quantitative estimate of drug-likeness (QED) is 0.0569. The van der Waals surface area contributed by atoms with Crippen LogP contribution in [0.5, 0.6) is 0 Å². The van der Waals surface area contributed by atoms with Gasteiger partial charge in [0.05, 0.1) is 22.7 Å². The van der Waals surface area contributed by atoms with Crippen molar-refractivity contribution in [1.82, 2.24) is 0 Å². The summed E-state index contributed by atoms with van der Waals surface area (Å²) in [4.78, 5) is -0.862. The van der Waals surface area contributed by atoms with E-state index in [1.165, 1.54) is 12.1 Å². The van der Waals surface area contributed by atoms with Crippen LogP contribution in [0.15, 0.2) is 127 Å². The Hall–Kier alpha value is -5.54. The molecule has 0 heterocycles. The first kappa shape index (κ1) is 36.3. The summed E-state index contributed by atoms with van der Waals surface area (Å²) in [7, 11) is -9.32. The number of nitrogens with two attached hydrogens (primary N) is 2. The summed E-state index contributed by atoms with van der Waals surface area (Å²) in [5, 5.41) is 19.6. The second-order valence-corrected chi connectivity index (χ2v) is 15.0. The minimum Gasteiger partial charge on any atom is -0.396 e. The minimum atomic E-state index is -4.66. The van der Waals surface area contributed by atoms with E-state index in [0.29, 0.717) is 45.8 Å². The Kier molecular flexibility index (Phi) is 10.2. The first-order valence-corrected chi connectivity index (χ1v) is 19.3. The van der Waals surface area contributed by atoms with Gasteiger partial charge in [-0.2, -0.15) is 27.1 Å². The summed E-state index contributed by atoms with van der Waals surface area (Å²) in [5.41, 5.74) is 17.1. The molecule has 0 saturated carbocycles. The standard InChI is InChI=1S/C38H36N6O6S2/c1-3-9-27-19-23(15-17-31(27)41-43-37-33(51(45,46)47)21-25-11-5-7-13-29(25)35(37)39)24-16-18-32(28(20-24)10-4-2)42-44-38-34(52(48,49)50)22-26-12-6-8-14-30(26)36(38)40/h5-8,11-22H,3-4,9-10,39-40H2,1-2H3,(H,45,46,47)(H,48,49,50). The molecule has 0 spiro atoms. The van der Waals surface area contributed by atoms with Gasteiger partial charge in [-0.15, -0.1) is 10.2 Å². The zero-order chi connectivity index (χ0) is 37.2. The predicted molar refractivity (Wildman–Crippen MR) is 205 cm³/mol. The lowest BCUT2D eigenvalue weighted by Gasteiger charge is -2.12. The maximum absolute atomic E-state index is 12.3. The topological polar surface area (TPSA) is 210 Å². The molecule has 14 heteroatoms. The molecule has 0 amide bonds. The average molecular weight is 737 g/mol. The van der Waals surface area contributed by atoms with Gasteiger partial charge >= 0.3 is 0 Å². The number of fused-ring (bicyclic) bond motifs is 2. The first-order chi connectivity index (χ1) is 24.8. The van der Waals surface area contributed by atoms with Gasteiger partial charge in [-0.05, 0) is 82.3 Å². The largest absolute Gasteiger partial charge is 0.396 e. The summed E-state index contributed by atoms with van der Waals surface area (Å²) in [6.45, 7) is 4.06. The summed E-state index contributed by atoms with van der Waals surface area (Å²) in [6, 6.07) is 27.9. The van der Waals surface area contributed by atoms with Crippen molar-refractivity contribution in [3.8, 4) is 11.1 Å². The third kappa shape index (κ3) is 7.41. The van der Waals surface area contributed by atoms with Gasteiger partial charge in [0.25, 0.3) is 20.2 Å². The Balaban J connectivity index is 1.38. The first-order valence-electron chi connectivity index (χ1n) is 16.5. The number of aryl methyl sites for hydroxylation is 2. The fourth-order valence-corrected chi connectivity index (χ4v) is 7.49. The van der Waals surface area contributed by atoms with Gasteiger partial charge in [0.1, 0.15) is 21.2 Å².